The van der Waals surface area contributed by atoms with Crippen LogP contribution in [0.5, 0.6) is 0 Å². The Morgan fingerprint density at radius 1 is 1.56 bits per heavy atom. The van der Waals surface area contributed by atoms with Crippen molar-refractivity contribution >= 4 is 0 Å². The third kappa shape index (κ3) is 2.75. The van der Waals surface area contributed by atoms with Gasteiger partial charge in [-0.15, -0.1) is 0 Å². The summed E-state index contributed by atoms with van der Waals surface area (Å²) in [6.45, 7) is 12.1. The molecule has 0 aliphatic carbocycles. The number of aryl methyl sites for hydroxylation is 2. The minimum absolute atomic E-state index is 0.250. The van der Waals surface area contributed by atoms with Crippen molar-refractivity contribution < 1.29 is 0 Å². The first-order valence-corrected chi connectivity index (χ1v) is 6.92. The van der Waals surface area contributed by atoms with Gasteiger partial charge in [-0.25, -0.2) is 0 Å². The van der Waals surface area contributed by atoms with Crippen molar-refractivity contribution in [1.29, 1.82) is 0 Å². The molecular formula is C14H26N4. The molecule has 0 aromatic carbocycles. The van der Waals surface area contributed by atoms with Crippen molar-refractivity contribution in [3.8, 4) is 0 Å². The second kappa shape index (κ2) is 5.02. The summed E-state index contributed by atoms with van der Waals surface area (Å²) >= 11 is 0. The normalized spacial score (nSPS) is 29.7. The minimum Gasteiger partial charge on any atom is -0.309 e. The van der Waals surface area contributed by atoms with Crippen LogP contribution in [0, 0.1) is 6.92 Å². The van der Waals surface area contributed by atoms with Crippen LogP contribution in [-0.2, 0) is 13.6 Å². The number of nitrogens with one attached hydrogen (secondary N) is 1. The zero-order valence-corrected chi connectivity index (χ0v) is 12.3. The van der Waals surface area contributed by atoms with Crippen LogP contribution in [0.1, 0.15) is 38.6 Å². The molecule has 2 unspecified atom stereocenters. The molecule has 0 saturated carbocycles. The van der Waals surface area contributed by atoms with E-state index in [2.05, 4.69) is 49.1 Å². The molecule has 4 nitrogen and oxygen atoms in total. The molecule has 102 valence electrons. The number of rotatable bonds is 3. The van der Waals surface area contributed by atoms with Gasteiger partial charge in [0, 0.05) is 38.3 Å². The van der Waals surface area contributed by atoms with Crippen molar-refractivity contribution in [1.82, 2.24) is 20.0 Å². The van der Waals surface area contributed by atoms with Gasteiger partial charge in [-0.05, 0) is 33.3 Å². The van der Waals surface area contributed by atoms with E-state index in [9.17, 15) is 0 Å². The van der Waals surface area contributed by atoms with Crippen LogP contribution in [0.4, 0.5) is 0 Å². The predicted molar refractivity (Wildman–Crippen MR) is 74.5 cm³/mol. The second-order valence-corrected chi connectivity index (χ2v) is 5.95. The highest BCUT2D eigenvalue weighted by Crippen LogP contribution is 2.20. The van der Waals surface area contributed by atoms with Gasteiger partial charge in [0.1, 0.15) is 0 Å². The topological polar surface area (TPSA) is 33.1 Å². The molecule has 2 atom stereocenters. The summed E-state index contributed by atoms with van der Waals surface area (Å²) < 4.78 is 2.01. The molecule has 18 heavy (non-hydrogen) atoms. The summed E-state index contributed by atoms with van der Waals surface area (Å²) in [7, 11) is 2.04. The van der Waals surface area contributed by atoms with Crippen molar-refractivity contribution in [2.45, 2.75) is 52.2 Å². The van der Waals surface area contributed by atoms with E-state index in [1.165, 1.54) is 12.1 Å². The SMILES string of the molecule is CCC1(C)CN(Cc2cc(C)nn2C)C(C)CN1. The highest BCUT2D eigenvalue weighted by molar-refractivity contribution is 5.09. The largest absolute Gasteiger partial charge is 0.309 e. The average molecular weight is 250 g/mol. The van der Waals surface area contributed by atoms with E-state index in [4.69, 9.17) is 0 Å². The minimum atomic E-state index is 0.250. The Labute approximate surface area is 110 Å². The molecule has 1 aromatic rings. The van der Waals surface area contributed by atoms with E-state index < -0.39 is 0 Å². The number of aromatic nitrogens is 2. The number of piperazine rings is 1. The van der Waals surface area contributed by atoms with E-state index in [0.717, 1.165) is 25.3 Å². The quantitative estimate of drug-likeness (QED) is 0.886. The lowest BCUT2D eigenvalue weighted by Gasteiger charge is -2.44. The van der Waals surface area contributed by atoms with Crippen LogP contribution in [-0.4, -0.2) is 39.4 Å². The lowest BCUT2D eigenvalue weighted by molar-refractivity contribution is 0.0844. The molecule has 4 heteroatoms. The van der Waals surface area contributed by atoms with Crippen LogP contribution >= 0.6 is 0 Å². The fourth-order valence-corrected chi connectivity index (χ4v) is 2.65. The zero-order chi connectivity index (χ0) is 13.3. The van der Waals surface area contributed by atoms with Crippen LogP contribution in [0.3, 0.4) is 0 Å². The van der Waals surface area contributed by atoms with Crippen molar-refractivity contribution in [2.24, 2.45) is 7.05 Å². The summed E-state index contributed by atoms with van der Waals surface area (Å²) in [4.78, 5) is 2.57. The van der Waals surface area contributed by atoms with E-state index >= 15 is 0 Å². The predicted octanol–water partition coefficient (Wildman–Crippen LogP) is 1.69. The Kier molecular flexibility index (Phi) is 3.78. The maximum atomic E-state index is 4.43. The fraction of sp³-hybridized carbons (Fsp3) is 0.786. The first-order chi connectivity index (χ1) is 8.43. The molecule has 1 N–H and O–H groups in total. The third-order valence-corrected chi connectivity index (χ3v) is 4.24. The van der Waals surface area contributed by atoms with E-state index in [1.807, 2.05) is 11.7 Å². The molecule has 1 saturated heterocycles. The van der Waals surface area contributed by atoms with Gasteiger partial charge in [-0.3, -0.25) is 9.58 Å². The molecule has 2 rings (SSSR count). The summed E-state index contributed by atoms with van der Waals surface area (Å²) in [5.74, 6) is 0. The smallest absolute Gasteiger partial charge is 0.0597 e. The first kappa shape index (κ1) is 13.6. The summed E-state index contributed by atoms with van der Waals surface area (Å²) in [6, 6.07) is 2.78. The van der Waals surface area contributed by atoms with Gasteiger partial charge in [0.25, 0.3) is 0 Å². The van der Waals surface area contributed by atoms with Gasteiger partial charge in [0.05, 0.1) is 11.4 Å². The second-order valence-electron chi connectivity index (χ2n) is 5.95. The van der Waals surface area contributed by atoms with Crippen LogP contribution in [0.25, 0.3) is 0 Å². The first-order valence-electron chi connectivity index (χ1n) is 6.92. The summed E-state index contributed by atoms with van der Waals surface area (Å²) in [5.41, 5.74) is 2.66. The molecule has 1 aliphatic heterocycles. The van der Waals surface area contributed by atoms with Crippen LogP contribution in [0.2, 0.25) is 0 Å². The molecule has 1 aromatic heterocycles. The molecule has 0 amide bonds. The molecule has 1 fully saturated rings. The van der Waals surface area contributed by atoms with Gasteiger partial charge < -0.3 is 5.32 Å². The monoisotopic (exact) mass is 250 g/mol. The number of hydrogen-bond donors (Lipinski definition) is 1. The van der Waals surface area contributed by atoms with E-state index in [-0.39, 0.29) is 5.54 Å². The lowest BCUT2D eigenvalue weighted by Crippen LogP contribution is -2.61. The number of hydrogen-bond acceptors (Lipinski definition) is 3. The Morgan fingerprint density at radius 2 is 2.28 bits per heavy atom. The average Bonchev–Trinajstić information content (AvgIpc) is 2.63. The van der Waals surface area contributed by atoms with Gasteiger partial charge in [-0.1, -0.05) is 6.92 Å². The molecule has 1 aliphatic rings. The number of nitrogens with zero attached hydrogens (tertiary/aromatic N) is 3. The highest BCUT2D eigenvalue weighted by Gasteiger charge is 2.32. The van der Waals surface area contributed by atoms with Crippen molar-refractivity contribution in [3.05, 3.63) is 17.5 Å². The zero-order valence-electron chi connectivity index (χ0n) is 12.3. The van der Waals surface area contributed by atoms with Gasteiger partial charge >= 0.3 is 0 Å². The van der Waals surface area contributed by atoms with Gasteiger partial charge in [0.2, 0.25) is 0 Å². The maximum absolute atomic E-state index is 4.43. The van der Waals surface area contributed by atoms with Crippen LogP contribution < -0.4 is 5.32 Å². The van der Waals surface area contributed by atoms with E-state index in [0.29, 0.717) is 6.04 Å². The van der Waals surface area contributed by atoms with Gasteiger partial charge in [0.15, 0.2) is 0 Å². The Bertz CT molecular complexity index is 412. The Hall–Kier alpha value is -0.870. The van der Waals surface area contributed by atoms with Crippen molar-refractivity contribution in [3.63, 3.8) is 0 Å². The highest BCUT2D eigenvalue weighted by atomic mass is 15.3. The molecule has 0 spiro atoms. The molecule has 0 radical (unpaired) electrons. The maximum Gasteiger partial charge on any atom is 0.0597 e. The van der Waals surface area contributed by atoms with Gasteiger partial charge in [-0.2, -0.15) is 5.10 Å². The molecular weight excluding hydrogens is 224 g/mol. The summed E-state index contributed by atoms with van der Waals surface area (Å²) in [6.07, 6.45) is 1.17. The fourth-order valence-electron chi connectivity index (χ4n) is 2.65. The third-order valence-electron chi connectivity index (χ3n) is 4.24. The molecule has 2 heterocycles. The molecule has 0 bridgehead atoms. The van der Waals surface area contributed by atoms with Crippen molar-refractivity contribution in [2.75, 3.05) is 13.1 Å². The lowest BCUT2D eigenvalue weighted by atomic mass is 9.94. The summed E-state index contributed by atoms with van der Waals surface area (Å²) in [5, 5.41) is 8.10. The Balaban J connectivity index is 2.09. The standard InChI is InChI=1S/C14H26N4/c1-6-14(4)10-18(12(3)8-15-14)9-13-7-11(2)16-17(13)5/h7,12,15H,6,8-10H2,1-5H3. The Morgan fingerprint density at radius 3 is 2.83 bits per heavy atom. The van der Waals surface area contributed by atoms with E-state index in [1.54, 1.807) is 0 Å². The van der Waals surface area contributed by atoms with Crippen LogP contribution in [0.15, 0.2) is 6.07 Å².